The lowest BCUT2D eigenvalue weighted by atomic mass is 10.1. The zero-order valence-electron chi connectivity index (χ0n) is 16.4. The lowest BCUT2D eigenvalue weighted by Gasteiger charge is -2.12. The summed E-state index contributed by atoms with van der Waals surface area (Å²) in [5, 5.41) is 16.3. The summed E-state index contributed by atoms with van der Waals surface area (Å²) in [5.74, 6) is 1.71. The van der Waals surface area contributed by atoms with Crippen molar-refractivity contribution >= 4 is 22.5 Å². The highest BCUT2D eigenvalue weighted by atomic mass is 19.1. The monoisotopic (exact) mass is 398 g/mol. The SMILES string of the molecule is Cc1cc(-c2nc(NCCNc3ccc(C#N)cn3)c3ccccc3n2)ccc1F. The number of nitrogens with one attached hydrogen (secondary N) is 2. The van der Waals surface area contributed by atoms with Crippen molar-refractivity contribution < 1.29 is 4.39 Å². The minimum atomic E-state index is -0.250. The number of benzene rings is 2. The summed E-state index contributed by atoms with van der Waals surface area (Å²) >= 11 is 0. The van der Waals surface area contributed by atoms with Crippen molar-refractivity contribution in [1.29, 1.82) is 5.26 Å². The summed E-state index contributed by atoms with van der Waals surface area (Å²) in [7, 11) is 0. The first-order chi connectivity index (χ1) is 14.6. The third-order valence-corrected chi connectivity index (χ3v) is 4.64. The van der Waals surface area contributed by atoms with E-state index in [1.54, 1.807) is 31.2 Å². The molecular formula is C23H19FN6. The van der Waals surface area contributed by atoms with Crippen molar-refractivity contribution in [2.45, 2.75) is 6.92 Å². The highest BCUT2D eigenvalue weighted by molar-refractivity contribution is 5.90. The van der Waals surface area contributed by atoms with Gasteiger partial charge in [0, 0.05) is 30.2 Å². The van der Waals surface area contributed by atoms with Gasteiger partial charge in [-0.1, -0.05) is 12.1 Å². The Bertz CT molecular complexity index is 1230. The Balaban J connectivity index is 1.53. The van der Waals surface area contributed by atoms with Gasteiger partial charge in [-0.2, -0.15) is 5.26 Å². The molecule has 0 bridgehead atoms. The van der Waals surface area contributed by atoms with Gasteiger partial charge in [0.1, 0.15) is 23.5 Å². The molecule has 0 amide bonds. The van der Waals surface area contributed by atoms with Gasteiger partial charge < -0.3 is 10.6 Å². The van der Waals surface area contributed by atoms with Gasteiger partial charge in [-0.15, -0.1) is 0 Å². The molecule has 2 aromatic heterocycles. The average Bonchev–Trinajstić information content (AvgIpc) is 2.78. The van der Waals surface area contributed by atoms with Crippen LogP contribution in [-0.2, 0) is 0 Å². The molecular weight excluding hydrogens is 379 g/mol. The van der Waals surface area contributed by atoms with E-state index in [1.807, 2.05) is 30.3 Å². The number of aromatic nitrogens is 3. The third kappa shape index (κ3) is 4.18. The van der Waals surface area contributed by atoms with Gasteiger partial charge in [0.05, 0.1) is 11.1 Å². The number of anilines is 2. The Labute approximate surface area is 173 Å². The molecule has 2 aromatic carbocycles. The summed E-state index contributed by atoms with van der Waals surface area (Å²) in [6.45, 7) is 2.94. The second-order valence-electron chi connectivity index (χ2n) is 6.77. The molecule has 148 valence electrons. The number of nitriles is 1. The predicted octanol–water partition coefficient (Wildman–Crippen LogP) is 4.54. The van der Waals surface area contributed by atoms with Crippen LogP contribution in [0, 0.1) is 24.1 Å². The Morgan fingerprint density at radius 3 is 2.60 bits per heavy atom. The first kappa shape index (κ1) is 19.3. The lowest BCUT2D eigenvalue weighted by Crippen LogP contribution is -2.15. The van der Waals surface area contributed by atoms with E-state index < -0.39 is 0 Å². The van der Waals surface area contributed by atoms with Gasteiger partial charge in [0.2, 0.25) is 0 Å². The number of aryl methyl sites for hydroxylation is 1. The van der Waals surface area contributed by atoms with Crippen molar-refractivity contribution in [3.05, 3.63) is 77.7 Å². The Morgan fingerprint density at radius 1 is 1.00 bits per heavy atom. The van der Waals surface area contributed by atoms with Crippen molar-refractivity contribution in [3.63, 3.8) is 0 Å². The quantitative estimate of drug-likeness (QED) is 0.464. The van der Waals surface area contributed by atoms with Crippen LogP contribution in [0.5, 0.6) is 0 Å². The van der Waals surface area contributed by atoms with Crippen molar-refractivity contribution in [3.8, 4) is 17.5 Å². The normalized spacial score (nSPS) is 10.6. The molecule has 0 aliphatic rings. The van der Waals surface area contributed by atoms with E-state index in [4.69, 9.17) is 5.26 Å². The highest BCUT2D eigenvalue weighted by Crippen LogP contribution is 2.25. The second-order valence-corrected chi connectivity index (χ2v) is 6.77. The lowest BCUT2D eigenvalue weighted by molar-refractivity contribution is 0.618. The largest absolute Gasteiger partial charge is 0.368 e. The maximum Gasteiger partial charge on any atom is 0.162 e. The smallest absolute Gasteiger partial charge is 0.162 e. The summed E-state index contributed by atoms with van der Waals surface area (Å²) in [4.78, 5) is 13.5. The van der Waals surface area contributed by atoms with Crippen molar-refractivity contribution in [1.82, 2.24) is 15.0 Å². The number of halogens is 1. The molecule has 0 fully saturated rings. The van der Waals surface area contributed by atoms with Crippen LogP contribution >= 0.6 is 0 Å². The molecule has 0 aliphatic heterocycles. The molecule has 0 saturated heterocycles. The molecule has 0 saturated carbocycles. The fourth-order valence-electron chi connectivity index (χ4n) is 3.06. The molecule has 6 nitrogen and oxygen atoms in total. The van der Waals surface area contributed by atoms with Gasteiger partial charge in [-0.25, -0.2) is 19.3 Å². The van der Waals surface area contributed by atoms with Crippen LogP contribution in [-0.4, -0.2) is 28.0 Å². The van der Waals surface area contributed by atoms with E-state index in [0.29, 0.717) is 41.7 Å². The number of nitrogens with zero attached hydrogens (tertiary/aromatic N) is 4. The molecule has 2 heterocycles. The number of para-hydroxylation sites is 1. The molecule has 30 heavy (non-hydrogen) atoms. The van der Waals surface area contributed by atoms with Crippen LogP contribution in [0.4, 0.5) is 16.0 Å². The third-order valence-electron chi connectivity index (χ3n) is 4.64. The van der Waals surface area contributed by atoms with Crippen molar-refractivity contribution in [2.24, 2.45) is 0 Å². The van der Waals surface area contributed by atoms with E-state index in [-0.39, 0.29) is 5.82 Å². The highest BCUT2D eigenvalue weighted by Gasteiger charge is 2.10. The van der Waals surface area contributed by atoms with Crippen LogP contribution in [0.25, 0.3) is 22.3 Å². The number of hydrogen-bond acceptors (Lipinski definition) is 6. The topological polar surface area (TPSA) is 86.5 Å². The molecule has 7 heteroatoms. The maximum absolute atomic E-state index is 13.7. The minimum Gasteiger partial charge on any atom is -0.368 e. The van der Waals surface area contributed by atoms with Gasteiger partial charge in [-0.3, -0.25) is 0 Å². The number of pyridine rings is 1. The number of rotatable bonds is 6. The number of fused-ring (bicyclic) bond motifs is 1. The van der Waals surface area contributed by atoms with E-state index >= 15 is 0 Å². The molecule has 4 aromatic rings. The molecule has 0 radical (unpaired) electrons. The van der Waals surface area contributed by atoms with E-state index in [9.17, 15) is 4.39 Å². The standard InChI is InChI=1S/C23H19FN6/c1-15-12-17(7-8-19(15)24)22-29-20-5-3-2-4-18(20)23(30-22)27-11-10-26-21-9-6-16(13-25)14-28-21/h2-9,12,14H,10-11H2,1H3,(H,26,28)(H,27,29,30). The zero-order valence-corrected chi connectivity index (χ0v) is 16.4. The molecule has 0 unspecified atom stereocenters. The van der Waals surface area contributed by atoms with Crippen LogP contribution in [0.2, 0.25) is 0 Å². The molecule has 2 N–H and O–H groups in total. The summed E-state index contributed by atoms with van der Waals surface area (Å²) in [5.41, 5.74) is 2.66. The molecule has 0 aliphatic carbocycles. The second kappa shape index (κ2) is 8.53. The van der Waals surface area contributed by atoms with Crippen molar-refractivity contribution in [2.75, 3.05) is 23.7 Å². The van der Waals surface area contributed by atoms with Gasteiger partial charge in [0.15, 0.2) is 5.82 Å². The Hall–Kier alpha value is -4.05. The predicted molar refractivity (Wildman–Crippen MR) is 116 cm³/mol. The fraction of sp³-hybridized carbons (Fsp3) is 0.130. The van der Waals surface area contributed by atoms with Crippen LogP contribution < -0.4 is 10.6 Å². The van der Waals surface area contributed by atoms with Gasteiger partial charge in [-0.05, 0) is 55.0 Å². The first-order valence-electron chi connectivity index (χ1n) is 9.51. The van der Waals surface area contributed by atoms with E-state index in [1.165, 1.54) is 12.3 Å². The maximum atomic E-state index is 13.7. The van der Waals surface area contributed by atoms with Gasteiger partial charge in [0.25, 0.3) is 0 Å². The zero-order chi connectivity index (χ0) is 20.9. The van der Waals surface area contributed by atoms with Crippen LogP contribution in [0.15, 0.2) is 60.8 Å². The Kier molecular flexibility index (Phi) is 5.48. The number of hydrogen-bond donors (Lipinski definition) is 2. The first-order valence-corrected chi connectivity index (χ1v) is 9.51. The van der Waals surface area contributed by atoms with Crippen LogP contribution in [0.3, 0.4) is 0 Å². The average molecular weight is 398 g/mol. The van der Waals surface area contributed by atoms with E-state index in [2.05, 4.69) is 25.6 Å². The minimum absolute atomic E-state index is 0.250. The summed E-state index contributed by atoms with van der Waals surface area (Å²) < 4.78 is 13.7. The molecule has 0 atom stereocenters. The fourth-order valence-corrected chi connectivity index (χ4v) is 3.06. The van der Waals surface area contributed by atoms with Crippen LogP contribution in [0.1, 0.15) is 11.1 Å². The van der Waals surface area contributed by atoms with Gasteiger partial charge >= 0.3 is 0 Å². The molecule has 0 spiro atoms. The summed E-state index contributed by atoms with van der Waals surface area (Å²) in [6, 6.07) is 18.2. The van der Waals surface area contributed by atoms with E-state index in [0.717, 1.165) is 16.5 Å². The Morgan fingerprint density at radius 2 is 1.83 bits per heavy atom. The molecule has 4 rings (SSSR count). The summed E-state index contributed by atoms with van der Waals surface area (Å²) in [6.07, 6.45) is 1.53.